The third-order valence-corrected chi connectivity index (χ3v) is 6.64. The summed E-state index contributed by atoms with van der Waals surface area (Å²) in [5.74, 6) is 2.21. The molecule has 1 aromatic rings. The van der Waals surface area contributed by atoms with E-state index >= 15 is 0 Å². The number of hydrogen-bond donors (Lipinski definition) is 2. The van der Waals surface area contributed by atoms with Crippen LogP contribution in [0.2, 0.25) is 0 Å². The number of fused-ring (bicyclic) bond motifs is 1. The maximum atomic E-state index is 12.6. The first kappa shape index (κ1) is 21.8. The minimum atomic E-state index is -0.284. The zero-order valence-electron chi connectivity index (χ0n) is 18.9. The number of nitrogen functional groups attached to an aromatic ring is 1. The molecule has 0 saturated carbocycles. The number of likely N-dealkylation sites (tertiary alicyclic amines) is 1. The van der Waals surface area contributed by atoms with Crippen LogP contribution in [0, 0.1) is 5.92 Å². The van der Waals surface area contributed by atoms with Crippen molar-refractivity contribution in [2.75, 3.05) is 42.1 Å². The van der Waals surface area contributed by atoms with E-state index in [2.05, 4.69) is 45.3 Å². The molecule has 3 aliphatic rings. The lowest BCUT2D eigenvalue weighted by Gasteiger charge is -2.37. The van der Waals surface area contributed by atoms with Crippen molar-refractivity contribution < 1.29 is 4.79 Å². The highest BCUT2D eigenvalue weighted by atomic mass is 16.2. The summed E-state index contributed by atoms with van der Waals surface area (Å²) < 4.78 is 0. The minimum Gasteiger partial charge on any atom is -0.382 e. The van der Waals surface area contributed by atoms with Crippen molar-refractivity contribution in [1.29, 1.82) is 0 Å². The molecule has 1 aliphatic carbocycles. The molecule has 31 heavy (non-hydrogen) atoms. The van der Waals surface area contributed by atoms with Crippen LogP contribution in [-0.4, -0.2) is 53.0 Å². The van der Waals surface area contributed by atoms with Crippen LogP contribution in [0.15, 0.2) is 23.8 Å². The number of rotatable bonds is 8. The van der Waals surface area contributed by atoms with E-state index in [4.69, 9.17) is 10.7 Å². The van der Waals surface area contributed by atoms with Gasteiger partial charge in [-0.25, -0.2) is 9.97 Å². The summed E-state index contributed by atoms with van der Waals surface area (Å²) in [6.07, 6.45) is 14.7. The first-order valence-electron chi connectivity index (χ1n) is 11.9. The number of unbranched alkanes of at least 4 members (excludes halogenated alkanes) is 2. The SMILES string of the molecule is CCCCCc1nc(N)c2c(n1)N(CC1C=CC(CN3CCCC3)=CC1)C(C)C(=O)N2. The zero-order chi connectivity index (χ0) is 21.8. The molecule has 3 N–H and O–H groups in total. The van der Waals surface area contributed by atoms with Gasteiger partial charge in [0, 0.05) is 19.5 Å². The second-order valence-corrected chi connectivity index (χ2v) is 9.12. The van der Waals surface area contributed by atoms with Crippen molar-refractivity contribution in [3.63, 3.8) is 0 Å². The number of allylic oxidation sites excluding steroid dienone is 1. The van der Waals surface area contributed by atoms with Gasteiger partial charge in [-0.3, -0.25) is 9.69 Å². The maximum Gasteiger partial charge on any atom is 0.247 e. The van der Waals surface area contributed by atoms with Gasteiger partial charge in [-0.1, -0.05) is 38.0 Å². The molecule has 3 heterocycles. The van der Waals surface area contributed by atoms with Crippen molar-refractivity contribution >= 4 is 23.2 Å². The van der Waals surface area contributed by atoms with E-state index in [9.17, 15) is 4.79 Å². The predicted molar refractivity (Wildman–Crippen MR) is 126 cm³/mol. The first-order chi connectivity index (χ1) is 15.0. The lowest BCUT2D eigenvalue weighted by molar-refractivity contribution is -0.117. The van der Waals surface area contributed by atoms with Gasteiger partial charge in [0.25, 0.3) is 0 Å². The Morgan fingerprint density at radius 3 is 2.74 bits per heavy atom. The largest absolute Gasteiger partial charge is 0.382 e. The molecule has 1 saturated heterocycles. The summed E-state index contributed by atoms with van der Waals surface area (Å²) >= 11 is 0. The summed E-state index contributed by atoms with van der Waals surface area (Å²) in [5, 5.41) is 2.92. The van der Waals surface area contributed by atoms with E-state index in [1.165, 1.54) is 31.5 Å². The first-order valence-corrected chi connectivity index (χ1v) is 11.9. The van der Waals surface area contributed by atoms with Crippen molar-refractivity contribution in [3.05, 3.63) is 29.6 Å². The fraction of sp³-hybridized carbons (Fsp3) is 0.625. The molecule has 7 heteroatoms. The normalized spacial score (nSPS) is 23.6. The Labute approximate surface area is 185 Å². The molecule has 2 aliphatic heterocycles. The molecule has 2 atom stereocenters. The molecule has 4 rings (SSSR count). The Balaban J connectivity index is 1.47. The summed E-state index contributed by atoms with van der Waals surface area (Å²) in [6.45, 7) is 8.36. The summed E-state index contributed by atoms with van der Waals surface area (Å²) in [7, 11) is 0. The number of nitrogens with zero attached hydrogens (tertiary/aromatic N) is 4. The molecule has 0 spiro atoms. The third kappa shape index (κ3) is 5.09. The second-order valence-electron chi connectivity index (χ2n) is 9.12. The van der Waals surface area contributed by atoms with Gasteiger partial charge in [-0.05, 0) is 57.2 Å². The van der Waals surface area contributed by atoms with Crippen molar-refractivity contribution in [2.24, 2.45) is 5.92 Å². The average Bonchev–Trinajstić information content (AvgIpc) is 3.27. The van der Waals surface area contributed by atoms with E-state index in [-0.39, 0.29) is 11.9 Å². The van der Waals surface area contributed by atoms with E-state index in [1.54, 1.807) is 0 Å². The van der Waals surface area contributed by atoms with E-state index < -0.39 is 0 Å². The van der Waals surface area contributed by atoms with E-state index in [0.717, 1.165) is 56.8 Å². The van der Waals surface area contributed by atoms with Crippen molar-refractivity contribution in [1.82, 2.24) is 14.9 Å². The second kappa shape index (κ2) is 9.81. The van der Waals surface area contributed by atoms with Crippen LogP contribution >= 0.6 is 0 Å². The predicted octanol–water partition coefficient (Wildman–Crippen LogP) is 3.54. The molecule has 1 fully saturated rings. The van der Waals surface area contributed by atoms with Gasteiger partial charge < -0.3 is 16.0 Å². The van der Waals surface area contributed by atoms with Gasteiger partial charge in [0.2, 0.25) is 5.91 Å². The van der Waals surface area contributed by atoms with Crippen LogP contribution in [0.5, 0.6) is 0 Å². The van der Waals surface area contributed by atoms with Crippen molar-refractivity contribution in [2.45, 2.75) is 64.8 Å². The van der Waals surface area contributed by atoms with E-state index in [0.29, 0.717) is 17.4 Å². The molecular weight excluding hydrogens is 388 g/mol. The number of nitrogens with two attached hydrogens (primary N) is 1. The quantitative estimate of drug-likeness (QED) is 0.621. The van der Waals surface area contributed by atoms with Crippen LogP contribution in [-0.2, 0) is 11.2 Å². The fourth-order valence-corrected chi connectivity index (χ4v) is 4.70. The van der Waals surface area contributed by atoms with Gasteiger partial charge in [0.15, 0.2) is 11.6 Å². The molecule has 1 aromatic heterocycles. The van der Waals surface area contributed by atoms with Gasteiger partial charge in [-0.15, -0.1) is 0 Å². The molecule has 0 radical (unpaired) electrons. The number of carbonyl (C=O) groups excluding carboxylic acids is 1. The van der Waals surface area contributed by atoms with Gasteiger partial charge in [0.05, 0.1) is 0 Å². The highest BCUT2D eigenvalue weighted by molar-refractivity contribution is 6.05. The minimum absolute atomic E-state index is 0.0495. The summed E-state index contributed by atoms with van der Waals surface area (Å²) in [5.41, 5.74) is 8.20. The van der Waals surface area contributed by atoms with Crippen LogP contribution < -0.4 is 16.0 Å². The fourth-order valence-electron chi connectivity index (χ4n) is 4.70. The molecule has 0 bridgehead atoms. The molecule has 168 valence electrons. The lowest BCUT2D eigenvalue weighted by Crippen LogP contribution is -2.49. The number of nitrogens with one attached hydrogen (secondary N) is 1. The number of aromatic nitrogens is 2. The number of aryl methyl sites for hydroxylation is 1. The van der Waals surface area contributed by atoms with E-state index in [1.807, 2.05) is 6.92 Å². The zero-order valence-corrected chi connectivity index (χ0v) is 18.9. The molecule has 7 nitrogen and oxygen atoms in total. The Morgan fingerprint density at radius 2 is 2.03 bits per heavy atom. The monoisotopic (exact) mass is 424 g/mol. The number of hydrogen-bond acceptors (Lipinski definition) is 6. The molecular formula is C24H36N6O. The number of anilines is 3. The summed E-state index contributed by atoms with van der Waals surface area (Å²) in [6, 6.07) is -0.284. The third-order valence-electron chi connectivity index (χ3n) is 6.64. The summed E-state index contributed by atoms with van der Waals surface area (Å²) in [4.78, 5) is 26.5. The lowest BCUT2D eigenvalue weighted by atomic mass is 9.95. The van der Waals surface area contributed by atoms with Crippen LogP contribution in [0.3, 0.4) is 0 Å². The Kier molecular flexibility index (Phi) is 6.90. The Bertz CT molecular complexity index is 858. The molecule has 2 unspecified atom stereocenters. The van der Waals surface area contributed by atoms with Crippen LogP contribution in [0.25, 0.3) is 0 Å². The van der Waals surface area contributed by atoms with Gasteiger partial charge in [0.1, 0.15) is 17.6 Å². The van der Waals surface area contributed by atoms with Gasteiger partial charge in [-0.2, -0.15) is 0 Å². The highest BCUT2D eigenvalue weighted by Crippen LogP contribution is 2.35. The van der Waals surface area contributed by atoms with Crippen molar-refractivity contribution in [3.8, 4) is 0 Å². The highest BCUT2D eigenvalue weighted by Gasteiger charge is 2.34. The molecule has 1 amide bonds. The Morgan fingerprint density at radius 1 is 1.23 bits per heavy atom. The van der Waals surface area contributed by atoms with Crippen LogP contribution in [0.4, 0.5) is 17.3 Å². The maximum absolute atomic E-state index is 12.6. The van der Waals surface area contributed by atoms with Crippen LogP contribution in [0.1, 0.15) is 58.2 Å². The number of amides is 1. The van der Waals surface area contributed by atoms with Gasteiger partial charge >= 0.3 is 0 Å². The standard InChI is InChI=1S/C24H36N6O/c1-3-4-5-8-20-26-22(25)21-23(27-20)30(17(2)24(31)28-21)16-19-11-9-18(10-12-19)15-29-13-6-7-14-29/h9-11,17,19H,3-8,12-16H2,1-2H3,(H,28,31)(H2,25,26,27). The number of carbonyl (C=O) groups is 1. The topological polar surface area (TPSA) is 87.4 Å². The molecule has 0 aromatic carbocycles. The average molecular weight is 425 g/mol. The Hall–Kier alpha value is -2.41. The smallest absolute Gasteiger partial charge is 0.247 e.